The molecule has 0 aliphatic carbocycles. The van der Waals surface area contributed by atoms with Crippen molar-refractivity contribution < 1.29 is 28.2 Å². The van der Waals surface area contributed by atoms with Crippen LogP contribution >= 0.6 is 12.4 Å². The maximum absolute atomic E-state index is 12.7. The molecule has 1 aromatic carbocycles. The fourth-order valence-corrected chi connectivity index (χ4v) is 1.46. The molecule has 3 N–H and O–H groups in total. The van der Waals surface area contributed by atoms with Gasteiger partial charge in [0, 0.05) is 0 Å². The average molecular weight is 282 g/mol. The van der Waals surface area contributed by atoms with Gasteiger partial charge in [-0.15, -0.1) is 21.2 Å². The molecule has 1 aromatic rings. The van der Waals surface area contributed by atoms with Crippen molar-refractivity contribution >= 4 is 18.4 Å². The molecule has 18 heavy (non-hydrogen) atoms. The van der Waals surface area contributed by atoms with Gasteiger partial charge in [0.15, 0.2) is 11.5 Å². The Morgan fingerprint density at radius 2 is 2.00 bits per heavy atom. The molecule has 0 aromatic heterocycles. The van der Waals surface area contributed by atoms with Crippen LogP contribution < -0.4 is 15.2 Å². The van der Waals surface area contributed by atoms with E-state index in [0.29, 0.717) is 5.56 Å². The molecule has 100 valence electrons. The van der Waals surface area contributed by atoms with Gasteiger partial charge in [-0.3, -0.25) is 4.79 Å². The normalized spacial score (nSPS) is 16.8. The lowest BCUT2D eigenvalue weighted by Crippen LogP contribution is -2.32. The predicted octanol–water partition coefficient (Wildman–Crippen LogP) is 1.38. The fourth-order valence-electron chi connectivity index (χ4n) is 1.46. The Morgan fingerprint density at radius 1 is 1.39 bits per heavy atom. The number of benzene rings is 1. The van der Waals surface area contributed by atoms with Crippen LogP contribution in [0.4, 0.5) is 8.78 Å². The first-order valence-corrected chi connectivity index (χ1v) is 4.74. The average Bonchev–Trinajstić information content (AvgIpc) is 2.50. The van der Waals surface area contributed by atoms with Crippen LogP contribution in [0, 0.1) is 0 Å². The third kappa shape index (κ3) is 2.99. The highest BCUT2D eigenvalue weighted by atomic mass is 35.5. The van der Waals surface area contributed by atoms with Crippen molar-refractivity contribution in [2.24, 2.45) is 5.73 Å². The number of carbonyl (C=O) groups is 1. The second-order valence-electron chi connectivity index (χ2n) is 3.60. The second kappa shape index (κ2) is 4.95. The quantitative estimate of drug-likeness (QED) is 0.875. The fraction of sp³-hybridized carbons (Fsp3) is 0.300. The summed E-state index contributed by atoms with van der Waals surface area (Å²) < 4.78 is 33.8. The Hall–Kier alpha value is -1.60. The van der Waals surface area contributed by atoms with Gasteiger partial charge in [-0.05, 0) is 24.1 Å². The minimum Gasteiger partial charge on any atom is -0.480 e. The van der Waals surface area contributed by atoms with E-state index in [0.717, 1.165) is 0 Å². The Morgan fingerprint density at radius 3 is 2.61 bits per heavy atom. The molecule has 0 radical (unpaired) electrons. The number of ether oxygens (including phenoxy) is 2. The first kappa shape index (κ1) is 14.5. The Kier molecular flexibility index (Phi) is 3.98. The Balaban J connectivity index is 0.00000162. The van der Waals surface area contributed by atoms with Gasteiger partial charge in [0.2, 0.25) is 0 Å². The highest BCUT2D eigenvalue weighted by Gasteiger charge is 2.43. The second-order valence-corrected chi connectivity index (χ2v) is 3.60. The molecule has 1 unspecified atom stereocenters. The van der Waals surface area contributed by atoms with Gasteiger partial charge in [-0.2, -0.15) is 0 Å². The number of hydrogen-bond donors (Lipinski definition) is 2. The first-order valence-electron chi connectivity index (χ1n) is 4.74. The highest BCUT2D eigenvalue weighted by Crippen LogP contribution is 2.41. The molecule has 0 fully saturated rings. The molecule has 0 amide bonds. The number of fused-ring (bicyclic) bond motifs is 1. The number of carboxylic acids is 1. The molecule has 0 saturated carbocycles. The summed E-state index contributed by atoms with van der Waals surface area (Å²) in [6.07, 6.45) is -3.65. The maximum atomic E-state index is 12.7. The van der Waals surface area contributed by atoms with E-state index in [4.69, 9.17) is 10.8 Å². The van der Waals surface area contributed by atoms with Gasteiger partial charge in [-0.1, -0.05) is 6.07 Å². The zero-order chi connectivity index (χ0) is 12.6. The SMILES string of the molecule is Cl.NC(Cc1ccc2c(c1)OC(F)(F)O2)C(=O)O. The summed E-state index contributed by atoms with van der Waals surface area (Å²) in [5.41, 5.74) is 5.81. The van der Waals surface area contributed by atoms with Gasteiger partial charge in [0.05, 0.1) is 0 Å². The maximum Gasteiger partial charge on any atom is 0.586 e. The summed E-state index contributed by atoms with van der Waals surface area (Å²) in [6, 6.07) is 2.96. The van der Waals surface area contributed by atoms with Crippen LogP contribution in [0.2, 0.25) is 0 Å². The molecular weight excluding hydrogens is 272 g/mol. The number of carboxylic acid groups (broad SMARTS) is 1. The molecule has 0 spiro atoms. The molecule has 5 nitrogen and oxygen atoms in total. The highest BCUT2D eigenvalue weighted by molar-refractivity contribution is 5.85. The van der Waals surface area contributed by atoms with Gasteiger partial charge in [0.25, 0.3) is 0 Å². The van der Waals surface area contributed by atoms with Crippen LogP contribution in [-0.2, 0) is 11.2 Å². The third-order valence-electron chi connectivity index (χ3n) is 2.24. The van der Waals surface area contributed by atoms with Crippen molar-refractivity contribution in [2.75, 3.05) is 0 Å². The number of hydrogen-bond acceptors (Lipinski definition) is 4. The lowest BCUT2D eigenvalue weighted by Gasteiger charge is -2.06. The smallest absolute Gasteiger partial charge is 0.480 e. The van der Waals surface area contributed by atoms with E-state index >= 15 is 0 Å². The standard InChI is InChI=1S/C10H9F2NO4.ClH/c11-10(12)16-7-2-1-5(4-8(7)17-10)3-6(13)9(14)15;/h1-2,4,6H,3,13H2,(H,14,15);1H. The largest absolute Gasteiger partial charge is 0.586 e. The van der Waals surface area contributed by atoms with E-state index in [1.165, 1.54) is 18.2 Å². The molecule has 2 rings (SSSR count). The lowest BCUT2D eigenvalue weighted by molar-refractivity contribution is -0.286. The zero-order valence-corrected chi connectivity index (χ0v) is 9.75. The number of aliphatic carboxylic acids is 1. The summed E-state index contributed by atoms with van der Waals surface area (Å²) in [4.78, 5) is 10.5. The lowest BCUT2D eigenvalue weighted by atomic mass is 10.1. The molecule has 1 heterocycles. The van der Waals surface area contributed by atoms with E-state index in [1.807, 2.05) is 0 Å². The molecule has 0 saturated heterocycles. The van der Waals surface area contributed by atoms with Crippen LogP contribution in [0.15, 0.2) is 18.2 Å². The Bertz CT molecular complexity index is 469. The van der Waals surface area contributed by atoms with Crippen molar-refractivity contribution in [1.29, 1.82) is 0 Å². The third-order valence-corrected chi connectivity index (χ3v) is 2.24. The van der Waals surface area contributed by atoms with Crippen LogP contribution in [0.25, 0.3) is 0 Å². The van der Waals surface area contributed by atoms with Crippen LogP contribution in [0.1, 0.15) is 5.56 Å². The van der Waals surface area contributed by atoms with Gasteiger partial charge in [-0.25, -0.2) is 0 Å². The summed E-state index contributed by atoms with van der Waals surface area (Å²) in [5, 5.41) is 8.62. The van der Waals surface area contributed by atoms with Crippen LogP contribution in [-0.4, -0.2) is 23.4 Å². The van der Waals surface area contributed by atoms with E-state index in [1.54, 1.807) is 0 Å². The number of nitrogens with two attached hydrogens (primary N) is 1. The van der Waals surface area contributed by atoms with Crippen molar-refractivity contribution in [3.05, 3.63) is 23.8 Å². The number of alkyl halides is 2. The van der Waals surface area contributed by atoms with Crippen LogP contribution in [0.3, 0.4) is 0 Å². The number of halogens is 3. The molecule has 1 aliphatic rings. The van der Waals surface area contributed by atoms with Crippen LogP contribution in [0.5, 0.6) is 11.5 Å². The van der Waals surface area contributed by atoms with Crippen molar-refractivity contribution in [2.45, 2.75) is 18.8 Å². The molecule has 1 atom stereocenters. The summed E-state index contributed by atoms with van der Waals surface area (Å²) in [7, 11) is 0. The first-order chi connectivity index (χ1) is 7.87. The van der Waals surface area contributed by atoms with Gasteiger partial charge >= 0.3 is 12.3 Å². The minimum absolute atomic E-state index is 0. The predicted molar refractivity (Wildman–Crippen MR) is 59.2 cm³/mol. The topological polar surface area (TPSA) is 81.8 Å². The van der Waals surface area contributed by atoms with E-state index < -0.39 is 18.3 Å². The molecule has 1 aliphatic heterocycles. The zero-order valence-electron chi connectivity index (χ0n) is 8.93. The van der Waals surface area contributed by atoms with E-state index in [2.05, 4.69) is 9.47 Å². The Labute approximate surface area is 107 Å². The minimum atomic E-state index is -3.67. The van der Waals surface area contributed by atoms with E-state index in [9.17, 15) is 13.6 Å². The summed E-state index contributed by atoms with van der Waals surface area (Å²) >= 11 is 0. The number of rotatable bonds is 3. The van der Waals surface area contributed by atoms with Gasteiger partial charge in [0.1, 0.15) is 6.04 Å². The summed E-state index contributed by atoms with van der Waals surface area (Å²) in [6.45, 7) is 0. The monoisotopic (exact) mass is 281 g/mol. The summed E-state index contributed by atoms with van der Waals surface area (Å²) in [5.74, 6) is -1.36. The molecule has 0 bridgehead atoms. The van der Waals surface area contributed by atoms with E-state index in [-0.39, 0.29) is 30.3 Å². The van der Waals surface area contributed by atoms with Crippen molar-refractivity contribution in [3.63, 3.8) is 0 Å². The molecule has 8 heteroatoms. The van der Waals surface area contributed by atoms with Crippen molar-refractivity contribution in [3.8, 4) is 11.5 Å². The molecular formula is C10H10ClF2NO4. The van der Waals surface area contributed by atoms with Crippen molar-refractivity contribution in [1.82, 2.24) is 0 Å². The van der Waals surface area contributed by atoms with Gasteiger partial charge < -0.3 is 20.3 Å².